The lowest BCUT2D eigenvalue weighted by Crippen LogP contribution is -2.51. The summed E-state index contributed by atoms with van der Waals surface area (Å²) in [6.45, 7) is 7.49. The molecule has 122 valence electrons. The van der Waals surface area contributed by atoms with Gasteiger partial charge >= 0.3 is 0 Å². The summed E-state index contributed by atoms with van der Waals surface area (Å²) in [4.78, 5) is 27.5. The molecule has 1 rings (SSSR count). The molecule has 0 aliphatic carbocycles. The smallest absolute Gasteiger partial charge is 0.248 e. The molecule has 0 bridgehead atoms. The summed E-state index contributed by atoms with van der Waals surface area (Å²) in [6.07, 6.45) is 2.34. The first-order valence-electron chi connectivity index (χ1n) is 7.64. The number of amides is 2. The van der Waals surface area contributed by atoms with E-state index in [1.54, 1.807) is 4.90 Å². The molecule has 1 aliphatic heterocycles. The molecule has 0 aromatic rings. The van der Waals surface area contributed by atoms with Crippen LogP contribution < -0.4 is 5.73 Å². The first-order chi connectivity index (χ1) is 9.89. The van der Waals surface area contributed by atoms with Crippen LogP contribution in [0.2, 0.25) is 0 Å². The molecule has 2 amide bonds. The van der Waals surface area contributed by atoms with Crippen molar-refractivity contribution in [1.29, 1.82) is 0 Å². The summed E-state index contributed by atoms with van der Waals surface area (Å²) in [7, 11) is 1.51. The number of hydrogen-bond acceptors (Lipinski definition) is 4. The summed E-state index contributed by atoms with van der Waals surface area (Å²) >= 11 is 0. The highest BCUT2D eigenvalue weighted by molar-refractivity contribution is 5.79. The standard InChI is InChI=1S/C15H29N3O3/c1-15(2,6-7-16)5-4-13(19)17-8-10-18(11-9-17)14(20)12-21-3/h4-12,16H2,1-3H3. The normalized spacial score (nSPS) is 16.2. The molecule has 6 nitrogen and oxygen atoms in total. The Kier molecular flexibility index (Phi) is 7.11. The minimum atomic E-state index is -0.00585. The first kappa shape index (κ1) is 17.9. The Bertz CT molecular complexity index is 350. The topological polar surface area (TPSA) is 75.9 Å². The highest BCUT2D eigenvalue weighted by Crippen LogP contribution is 2.26. The van der Waals surface area contributed by atoms with Gasteiger partial charge in [-0.05, 0) is 24.8 Å². The predicted molar refractivity (Wildman–Crippen MR) is 81.7 cm³/mol. The van der Waals surface area contributed by atoms with Gasteiger partial charge in [0.25, 0.3) is 0 Å². The molecule has 2 N–H and O–H groups in total. The number of rotatable bonds is 7. The second-order valence-corrected chi connectivity index (χ2v) is 6.40. The third-order valence-corrected chi connectivity index (χ3v) is 4.09. The Labute approximate surface area is 127 Å². The molecule has 0 aromatic carbocycles. The van der Waals surface area contributed by atoms with E-state index in [9.17, 15) is 9.59 Å². The van der Waals surface area contributed by atoms with Gasteiger partial charge in [-0.3, -0.25) is 9.59 Å². The Morgan fingerprint density at radius 3 is 2.05 bits per heavy atom. The summed E-state index contributed by atoms with van der Waals surface area (Å²) < 4.78 is 4.85. The predicted octanol–water partition coefficient (Wildman–Crippen LogP) is 0.459. The van der Waals surface area contributed by atoms with Crippen LogP contribution in [0.25, 0.3) is 0 Å². The van der Waals surface area contributed by atoms with Crippen molar-refractivity contribution in [3.8, 4) is 0 Å². The Morgan fingerprint density at radius 2 is 1.57 bits per heavy atom. The monoisotopic (exact) mass is 299 g/mol. The fourth-order valence-electron chi connectivity index (χ4n) is 2.54. The van der Waals surface area contributed by atoms with Crippen molar-refractivity contribution in [2.75, 3.05) is 46.4 Å². The average Bonchev–Trinajstić information content (AvgIpc) is 2.45. The molecule has 1 saturated heterocycles. The van der Waals surface area contributed by atoms with Crippen LogP contribution in [0.1, 0.15) is 33.1 Å². The van der Waals surface area contributed by atoms with Crippen LogP contribution in [0.3, 0.4) is 0 Å². The van der Waals surface area contributed by atoms with Crippen LogP contribution in [-0.2, 0) is 14.3 Å². The largest absolute Gasteiger partial charge is 0.375 e. The van der Waals surface area contributed by atoms with E-state index in [-0.39, 0.29) is 23.8 Å². The first-order valence-corrected chi connectivity index (χ1v) is 7.64. The van der Waals surface area contributed by atoms with Gasteiger partial charge in [0.15, 0.2) is 0 Å². The number of piperazine rings is 1. The van der Waals surface area contributed by atoms with Gasteiger partial charge in [-0.25, -0.2) is 0 Å². The maximum atomic E-state index is 12.2. The number of nitrogens with zero attached hydrogens (tertiary/aromatic N) is 2. The lowest BCUT2D eigenvalue weighted by Gasteiger charge is -2.35. The van der Waals surface area contributed by atoms with Gasteiger partial charge in [0.05, 0.1) is 0 Å². The van der Waals surface area contributed by atoms with Crippen molar-refractivity contribution < 1.29 is 14.3 Å². The fraction of sp³-hybridized carbons (Fsp3) is 0.867. The summed E-state index contributed by atoms with van der Waals surface area (Å²) in [5, 5.41) is 0. The summed E-state index contributed by atoms with van der Waals surface area (Å²) in [5.74, 6) is 0.174. The van der Waals surface area contributed by atoms with Crippen molar-refractivity contribution in [2.45, 2.75) is 33.1 Å². The lowest BCUT2D eigenvalue weighted by atomic mass is 9.84. The molecule has 1 aliphatic rings. The Morgan fingerprint density at radius 1 is 1.05 bits per heavy atom. The van der Waals surface area contributed by atoms with Gasteiger partial charge in [-0.1, -0.05) is 13.8 Å². The van der Waals surface area contributed by atoms with E-state index >= 15 is 0 Å². The number of nitrogens with two attached hydrogens (primary N) is 1. The van der Waals surface area contributed by atoms with Crippen LogP contribution >= 0.6 is 0 Å². The third kappa shape index (κ3) is 6.01. The summed E-state index contributed by atoms with van der Waals surface area (Å²) in [5.41, 5.74) is 5.70. The quantitative estimate of drug-likeness (QED) is 0.741. The minimum absolute atomic E-state index is 0.00585. The van der Waals surface area contributed by atoms with Crippen LogP contribution in [-0.4, -0.2) is 68.1 Å². The second kappa shape index (κ2) is 8.34. The number of carbonyl (C=O) groups excluding carboxylic acids is 2. The van der Waals surface area contributed by atoms with Gasteiger partial charge in [0, 0.05) is 39.7 Å². The van der Waals surface area contributed by atoms with Crippen LogP contribution in [0, 0.1) is 5.41 Å². The zero-order valence-electron chi connectivity index (χ0n) is 13.6. The molecule has 0 spiro atoms. The zero-order valence-corrected chi connectivity index (χ0v) is 13.6. The molecule has 0 atom stereocenters. The van der Waals surface area contributed by atoms with E-state index in [0.29, 0.717) is 39.1 Å². The lowest BCUT2D eigenvalue weighted by molar-refractivity contribution is -0.142. The number of ether oxygens (including phenoxy) is 1. The minimum Gasteiger partial charge on any atom is -0.375 e. The maximum Gasteiger partial charge on any atom is 0.248 e. The third-order valence-electron chi connectivity index (χ3n) is 4.09. The molecule has 0 unspecified atom stereocenters. The van der Waals surface area contributed by atoms with E-state index in [1.807, 2.05) is 4.90 Å². The molecule has 0 saturated carbocycles. The highest BCUT2D eigenvalue weighted by Gasteiger charge is 2.25. The van der Waals surface area contributed by atoms with E-state index in [0.717, 1.165) is 12.8 Å². The van der Waals surface area contributed by atoms with E-state index < -0.39 is 0 Å². The van der Waals surface area contributed by atoms with Gasteiger partial charge in [0.2, 0.25) is 11.8 Å². The van der Waals surface area contributed by atoms with Gasteiger partial charge in [-0.2, -0.15) is 0 Å². The van der Waals surface area contributed by atoms with Crippen molar-refractivity contribution in [3.05, 3.63) is 0 Å². The van der Waals surface area contributed by atoms with Crippen LogP contribution in [0.4, 0.5) is 0 Å². The van der Waals surface area contributed by atoms with Gasteiger partial charge in [-0.15, -0.1) is 0 Å². The van der Waals surface area contributed by atoms with Crippen molar-refractivity contribution in [1.82, 2.24) is 9.80 Å². The van der Waals surface area contributed by atoms with Gasteiger partial charge < -0.3 is 20.3 Å². The number of hydrogen-bond donors (Lipinski definition) is 1. The van der Waals surface area contributed by atoms with Crippen molar-refractivity contribution in [2.24, 2.45) is 11.1 Å². The van der Waals surface area contributed by atoms with Crippen molar-refractivity contribution in [3.63, 3.8) is 0 Å². The fourth-order valence-corrected chi connectivity index (χ4v) is 2.54. The molecule has 21 heavy (non-hydrogen) atoms. The zero-order chi connectivity index (χ0) is 15.9. The van der Waals surface area contributed by atoms with Gasteiger partial charge in [0.1, 0.15) is 6.61 Å². The molecular formula is C15H29N3O3. The molecule has 0 aromatic heterocycles. The molecule has 0 radical (unpaired) electrons. The van der Waals surface area contributed by atoms with E-state index in [2.05, 4.69) is 13.8 Å². The van der Waals surface area contributed by atoms with Crippen molar-refractivity contribution >= 4 is 11.8 Å². The number of carbonyl (C=O) groups is 2. The molecular weight excluding hydrogens is 270 g/mol. The SMILES string of the molecule is COCC(=O)N1CCN(C(=O)CCC(C)(C)CCN)CC1. The second-order valence-electron chi connectivity index (χ2n) is 6.40. The van der Waals surface area contributed by atoms with Crippen LogP contribution in [0.15, 0.2) is 0 Å². The van der Waals surface area contributed by atoms with E-state index in [1.165, 1.54) is 7.11 Å². The highest BCUT2D eigenvalue weighted by atomic mass is 16.5. The number of methoxy groups -OCH3 is 1. The maximum absolute atomic E-state index is 12.2. The molecule has 1 fully saturated rings. The van der Waals surface area contributed by atoms with Crippen LogP contribution in [0.5, 0.6) is 0 Å². The summed E-state index contributed by atoms with van der Waals surface area (Å²) in [6, 6.07) is 0. The Balaban J connectivity index is 2.33. The Hall–Kier alpha value is -1.14. The average molecular weight is 299 g/mol. The molecule has 6 heteroatoms. The van der Waals surface area contributed by atoms with E-state index in [4.69, 9.17) is 10.5 Å². The molecule has 1 heterocycles.